The van der Waals surface area contributed by atoms with Gasteiger partial charge in [0.2, 0.25) is 5.75 Å². The molecule has 7 nitrogen and oxygen atoms in total. The molecule has 25 heavy (non-hydrogen) atoms. The Morgan fingerprint density at radius 2 is 1.68 bits per heavy atom. The van der Waals surface area contributed by atoms with Crippen LogP contribution in [0.2, 0.25) is 0 Å². The van der Waals surface area contributed by atoms with Crippen LogP contribution in [0.5, 0.6) is 17.2 Å². The molecular weight excluding hydrogens is 343 g/mol. The fourth-order valence-electron chi connectivity index (χ4n) is 2.22. The molecule has 1 aromatic heterocycles. The lowest BCUT2D eigenvalue weighted by molar-refractivity contribution is -0.141. The molecule has 1 N–H and O–H groups in total. The molecule has 2 aromatic rings. The lowest BCUT2D eigenvalue weighted by atomic mass is 10.2. The highest BCUT2D eigenvalue weighted by atomic mass is 19.4. The zero-order valence-corrected chi connectivity index (χ0v) is 13.9. The summed E-state index contributed by atoms with van der Waals surface area (Å²) in [5.74, 6) is -0.172. The van der Waals surface area contributed by atoms with Gasteiger partial charge in [-0.25, -0.2) is 0 Å². The Morgan fingerprint density at radius 3 is 2.12 bits per heavy atom. The monoisotopic (exact) mass is 359 g/mol. The normalized spacial score (nSPS) is 11.2. The SMILES string of the molecule is COc1cc(NC(=O)c2cn(C)nc2C(F)(F)F)cc(OC)c1OC. The van der Waals surface area contributed by atoms with Crippen molar-refractivity contribution in [2.75, 3.05) is 26.6 Å². The van der Waals surface area contributed by atoms with Gasteiger partial charge >= 0.3 is 6.18 Å². The first-order valence-electron chi connectivity index (χ1n) is 6.93. The van der Waals surface area contributed by atoms with Crippen molar-refractivity contribution in [2.45, 2.75) is 6.18 Å². The Balaban J connectivity index is 2.39. The molecule has 10 heteroatoms. The maximum Gasteiger partial charge on any atom is 0.435 e. The predicted octanol–water partition coefficient (Wildman–Crippen LogP) is 2.72. The second kappa shape index (κ2) is 6.91. The standard InChI is InChI=1S/C15H16F3N3O4/c1-21-7-9(13(20-21)15(16,17)18)14(22)19-8-5-10(23-2)12(25-4)11(6-8)24-3/h5-7H,1-4H3,(H,19,22). The Morgan fingerprint density at radius 1 is 1.12 bits per heavy atom. The number of aryl methyl sites for hydroxylation is 1. The maximum atomic E-state index is 13.0. The highest BCUT2D eigenvalue weighted by Crippen LogP contribution is 2.40. The third-order valence-corrected chi connectivity index (χ3v) is 3.26. The maximum absolute atomic E-state index is 13.0. The molecule has 0 saturated carbocycles. The number of carbonyl (C=O) groups is 1. The summed E-state index contributed by atoms with van der Waals surface area (Å²) in [5, 5.41) is 5.68. The number of anilines is 1. The number of aromatic nitrogens is 2. The Hall–Kier alpha value is -2.91. The van der Waals surface area contributed by atoms with Gasteiger partial charge in [0, 0.05) is 31.1 Å². The molecular formula is C15H16F3N3O4. The smallest absolute Gasteiger partial charge is 0.435 e. The average Bonchev–Trinajstić information content (AvgIpc) is 2.96. The molecule has 0 aliphatic rings. The van der Waals surface area contributed by atoms with Crippen LogP contribution in [-0.4, -0.2) is 37.0 Å². The summed E-state index contributed by atoms with van der Waals surface area (Å²) in [6.07, 6.45) is -3.75. The van der Waals surface area contributed by atoms with Crippen LogP contribution in [0, 0.1) is 0 Å². The third kappa shape index (κ3) is 3.78. The van der Waals surface area contributed by atoms with Crippen molar-refractivity contribution in [1.82, 2.24) is 9.78 Å². The fraction of sp³-hybridized carbons (Fsp3) is 0.333. The number of hydrogen-bond donors (Lipinski definition) is 1. The first-order valence-corrected chi connectivity index (χ1v) is 6.93. The van der Waals surface area contributed by atoms with Gasteiger partial charge in [-0.2, -0.15) is 18.3 Å². The lowest BCUT2D eigenvalue weighted by Crippen LogP contribution is -2.18. The molecule has 0 aliphatic heterocycles. The molecule has 0 aliphatic carbocycles. The number of carbonyl (C=O) groups excluding carboxylic acids is 1. The van der Waals surface area contributed by atoms with Crippen molar-refractivity contribution in [3.63, 3.8) is 0 Å². The van der Waals surface area contributed by atoms with Crippen molar-refractivity contribution >= 4 is 11.6 Å². The molecule has 1 amide bonds. The Labute approximate surface area is 141 Å². The summed E-state index contributed by atoms with van der Waals surface area (Å²) in [5.41, 5.74) is -1.68. The van der Waals surface area contributed by atoms with Gasteiger partial charge in [0.1, 0.15) is 0 Å². The molecule has 2 rings (SSSR count). The zero-order chi connectivity index (χ0) is 18.8. The number of nitrogens with one attached hydrogen (secondary N) is 1. The van der Waals surface area contributed by atoms with E-state index in [4.69, 9.17) is 14.2 Å². The number of methoxy groups -OCH3 is 3. The van der Waals surface area contributed by atoms with Crippen LogP contribution < -0.4 is 19.5 Å². The molecule has 1 aromatic carbocycles. The molecule has 0 saturated heterocycles. The number of nitrogens with zero attached hydrogens (tertiary/aromatic N) is 2. The topological polar surface area (TPSA) is 74.6 Å². The van der Waals surface area contributed by atoms with E-state index in [1.807, 2.05) is 0 Å². The Bertz CT molecular complexity index is 762. The van der Waals surface area contributed by atoms with E-state index in [2.05, 4.69) is 10.4 Å². The number of amides is 1. The van der Waals surface area contributed by atoms with Crippen molar-refractivity contribution in [1.29, 1.82) is 0 Å². The van der Waals surface area contributed by atoms with Crippen LogP contribution in [0.1, 0.15) is 16.1 Å². The van der Waals surface area contributed by atoms with Crippen molar-refractivity contribution in [3.05, 3.63) is 29.6 Å². The lowest BCUT2D eigenvalue weighted by Gasteiger charge is -2.14. The zero-order valence-electron chi connectivity index (χ0n) is 13.9. The van der Waals surface area contributed by atoms with Gasteiger partial charge in [-0.1, -0.05) is 0 Å². The number of rotatable bonds is 5. The summed E-state index contributed by atoms with van der Waals surface area (Å²) in [6.45, 7) is 0. The molecule has 0 radical (unpaired) electrons. The van der Waals surface area contributed by atoms with E-state index >= 15 is 0 Å². The van der Waals surface area contributed by atoms with Gasteiger partial charge in [0.05, 0.1) is 26.9 Å². The van der Waals surface area contributed by atoms with Crippen LogP contribution in [0.3, 0.4) is 0 Å². The number of halogens is 3. The predicted molar refractivity (Wildman–Crippen MR) is 82.3 cm³/mol. The highest BCUT2D eigenvalue weighted by Gasteiger charge is 2.39. The van der Waals surface area contributed by atoms with Crippen molar-refractivity contribution < 1.29 is 32.2 Å². The summed E-state index contributed by atoms with van der Waals surface area (Å²) in [6, 6.07) is 2.81. The van der Waals surface area contributed by atoms with Gasteiger partial charge in [-0.05, 0) is 0 Å². The van der Waals surface area contributed by atoms with E-state index < -0.39 is 23.3 Å². The van der Waals surface area contributed by atoms with E-state index in [0.29, 0.717) is 5.75 Å². The minimum atomic E-state index is -4.75. The van der Waals surface area contributed by atoms with Gasteiger partial charge in [-0.3, -0.25) is 9.48 Å². The van der Waals surface area contributed by atoms with Gasteiger partial charge < -0.3 is 19.5 Å². The second-order valence-corrected chi connectivity index (χ2v) is 4.93. The number of hydrogen-bond acceptors (Lipinski definition) is 5. The average molecular weight is 359 g/mol. The van der Waals surface area contributed by atoms with Crippen molar-refractivity contribution in [3.8, 4) is 17.2 Å². The van der Waals surface area contributed by atoms with Crippen LogP contribution in [0.15, 0.2) is 18.3 Å². The van der Waals surface area contributed by atoms with E-state index in [1.165, 1.54) is 40.5 Å². The summed E-state index contributed by atoms with van der Waals surface area (Å²) < 4.78 is 55.3. The quantitative estimate of drug-likeness (QED) is 0.889. The van der Waals surface area contributed by atoms with Gasteiger partial charge in [0.15, 0.2) is 17.2 Å². The van der Waals surface area contributed by atoms with Crippen LogP contribution in [0.25, 0.3) is 0 Å². The highest BCUT2D eigenvalue weighted by molar-refractivity contribution is 6.05. The summed E-state index contributed by atoms with van der Waals surface area (Å²) in [4.78, 5) is 12.3. The molecule has 0 atom stereocenters. The molecule has 1 heterocycles. The first-order chi connectivity index (χ1) is 11.7. The second-order valence-electron chi connectivity index (χ2n) is 4.93. The van der Waals surface area contributed by atoms with E-state index in [0.717, 1.165) is 10.9 Å². The van der Waals surface area contributed by atoms with E-state index in [-0.39, 0.29) is 17.2 Å². The van der Waals surface area contributed by atoms with Gasteiger partial charge in [0.25, 0.3) is 5.91 Å². The summed E-state index contributed by atoms with van der Waals surface area (Å²) in [7, 11) is 5.47. The summed E-state index contributed by atoms with van der Waals surface area (Å²) >= 11 is 0. The molecule has 0 bridgehead atoms. The number of ether oxygens (including phenoxy) is 3. The molecule has 0 unspecified atom stereocenters. The van der Waals surface area contributed by atoms with Crippen LogP contribution in [0.4, 0.5) is 18.9 Å². The number of alkyl halides is 3. The van der Waals surface area contributed by atoms with Crippen LogP contribution >= 0.6 is 0 Å². The number of benzene rings is 1. The van der Waals surface area contributed by atoms with Crippen molar-refractivity contribution in [2.24, 2.45) is 7.05 Å². The molecule has 0 spiro atoms. The van der Waals surface area contributed by atoms with E-state index in [9.17, 15) is 18.0 Å². The minimum absolute atomic E-state index is 0.177. The molecule has 136 valence electrons. The third-order valence-electron chi connectivity index (χ3n) is 3.26. The van der Waals surface area contributed by atoms with Gasteiger partial charge in [-0.15, -0.1) is 0 Å². The fourth-order valence-corrected chi connectivity index (χ4v) is 2.22. The van der Waals surface area contributed by atoms with Crippen LogP contribution in [-0.2, 0) is 13.2 Å². The molecule has 0 fully saturated rings. The largest absolute Gasteiger partial charge is 0.493 e. The van der Waals surface area contributed by atoms with E-state index in [1.54, 1.807) is 0 Å². The first kappa shape index (κ1) is 18.4. The Kier molecular flexibility index (Phi) is 5.10. The minimum Gasteiger partial charge on any atom is -0.493 e.